The zero-order valence-corrected chi connectivity index (χ0v) is 15.6. The maximum atomic E-state index is 12.1. The molecule has 0 saturated heterocycles. The third-order valence-corrected chi connectivity index (χ3v) is 4.07. The Hall–Kier alpha value is -2.49. The highest BCUT2D eigenvalue weighted by Crippen LogP contribution is 2.25. The summed E-state index contributed by atoms with van der Waals surface area (Å²) in [6, 6.07) is 15.4. The Morgan fingerprint density at radius 2 is 1.72 bits per heavy atom. The van der Waals surface area contributed by atoms with Crippen molar-refractivity contribution in [2.24, 2.45) is 0 Å². The SMILES string of the molecule is COc1ccccc1C(C)NC(=O)COc1ccc(C(C)(C)C)cc1. The van der Waals surface area contributed by atoms with Gasteiger partial charge < -0.3 is 14.8 Å². The summed E-state index contributed by atoms with van der Waals surface area (Å²) in [6.45, 7) is 8.39. The third-order valence-electron chi connectivity index (χ3n) is 4.07. The second-order valence-corrected chi connectivity index (χ2v) is 7.09. The van der Waals surface area contributed by atoms with Gasteiger partial charge in [-0.05, 0) is 36.1 Å². The van der Waals surface area contributed by atoms with E-state index in [1.165, 1.54) is 5.56 Å². The van der Waals surface area contributed by atoms with E-state index >= 15 is 0 Å². The van der Waals surface area contributed by atoms with Crippen LogP contribution in [-0.2, 0) is 10.2 Å². The lowest BCUT2D eigenvalue weighted by Crippen LogP contribution is -2.31. The molecule has 1 atom stereocenters. The molecule has 0 aromatic heterocycles. The summed E-state index contributed by atoms with van der Waals surface area (Å²) < 4.78 is 10.9. The lowest BCUT2D eigenvalue weighted by molar-refractivity contribution is -0.123. The van der Waals surface area contributed by atoms with Crippen LogP contribution in [0.5, 0.6) is 11.5 Å². The Morgan fingerprint density at radius 1 is 1.08 bits per heavy atom. The smallest absolute Gasteiger partial charge is 0.258 e. The summed E-state index contributed by atoms with van der Waals surface area (Å²) in [5, 5.41) is 2.93. The number of ether oxygens (including phenoxy) is 2. The van der Waals surface area contributed by atoms with E-state index in [1.54, 1.807) is 7.11 Å². The van der Waals surface area contributed by atoms with E-state index in [1.807, 2.05) is 55.5 Å². The Balaban J connectivity index is 1.90. The van der Waals surface area contributed by atoms with E-state index in [0.29, 0.717) is 5.75 Å². The Labute approximate surface area is 150 Å². The second kappa shape index (κ2) is 8.06. The molecule has 134 valence electrons. The molecule has 4 nitrogen and oxygen atoms in total. The van der Waals surface area contributed by atoms with Crippen LogP contribution < -0.4 is 14.8 Å². The average Bonchev–Trinajstić information content (AvgIpc) is 2.59. The van der Waals surface area contributed by atoms with Crippen LogP contribution in [0.25, 0.3) is 0 Å². The number of hydrogen-bond donors (Lipinski definition) is 1. The second-order valence-electron chi connectivity index (χ2n) is 7.09. The van der Waals surface area contributed by atoms with Gasteiger partial charge >= 0.3 is 0 Å². The Kier molecular flexibility index (Phi) is 6.07. The van der Waals surface area contributed by atoms with Crippen molar-refractivity contribution in [3.05, 3.63) is 59.7 Å². The van der Waals surface area contributed by atoms with Crippen molar-refractivity contribution in [2.75, 3.05) is 13.7 Å². The lowest BCUT2D eigenvalue weighted by atomic mass is 9.87. The normalized spacial score (nSPS) is 12.4. The summed E-state index contributed by atoms with van der Waals surface area (Å²) in [6.07, 6.45) is 0. The van der Waals surface area contributed by atoms with Gasteiger partial charge in [-0.1, -0.05) is 51.1 Å². The van der Waals surface area contributed by atoms with Gasteiger partial charge in [-0.15, -0.1) is 0 Å². The van der Waals surface area contributed by atoms with E-state index in [2.05, 4.69) is 26.1 Å². The van der Waals surface area contributed by atoms with E-state index in [4.69, 9.17) is 9.47 Å². The van der Waals surface area contributed by atoms with Crippen LogP contribution in [0.15, 0.2) is 48.5 Å². The molecular formula is C21H27NO3. The first-order chi connectivity index (χ1) is 11.8. The van der Waals surface area contributed by atoms with Crippen LogP contribution in [0.1, 0.15) is 44.9 Å². The Bertz CT molecular complexity index is 702. The largest absolute Gasteiger partial charge is 0.496 e. The quantitative estimate of drug-likeness (QED) is 0.854. The molecule has 25 heavy (non-hydrogen) atoms. The zero-order valence-electron chi connectivity index (χ0n) is 15.6. The molecule has 0 saturated carbocycles. The maximum absolute atomic E-state index is 12.1. The summed E-state index contributed by atoms with van der Waals surface area (Å²) in [5.41, 5.74) is 2.27. The minimum absolute atomic E-state index is 0.0195. The van der Waals surface area contributed by atoms with Crippen molar-refractivity contribution in [3.8, 4) is 11.5 Å². The molecule has 1 unspecified atom stereocenters. The summed E-state index contributed by atoms with van der Waals surface area (Å²) in [4.78, 5) is 12.1. The molecule has 4 heteroatoms. The van der Waals surface area contributed by atoms with E-state index in [-0.39, 0.29) is 24.0 Å². The first kappa shape index (κ1) is 18.8. The van der Waals surface area contributed by atoms with Crippen molar-refractivity contribution in [1.29, 1.82) is 0 Å². The van der Waals surface area contributed by atoms with E-state index in [0.717, 1.165) is 11.3 Å². The number of methoxy groups -OCH3 is 1. The van der Waals surface area contributed by atoms with Crippen molar-refractivity contribution in [3.63, 3.8) is 0 Å². The Morgan fingerprint density at radius 3 is 2.32 bits per heavy atom. The van der Waals surface area contributed by atoms with Gasteiger partial charge in [-0.3, -0.25) is 4.79 Å². The average molecular weight is 341 g/mol. The summed E-state index contributed by atoms with van der Waals surface area (Å²) in [7, 11) is 1.62. The third kappa shape index (κ3) is 5.24. The van der Waals surface area contributed by atoms with E-state index < -0.39 is 0 Å². The predicted molar refractivity (Wildman–Crippen MR) is 100 cm³/mol. The van der Waals surface area contributed by atoms with Crippen molar-refractivity contribution >= 4 is 5.91 Å². The van der Waals surface area contributed by atoms with Gasteiger partial charge in [0.15, 0.2) is 6.61 Å². The fraction of sp³-hybridized carbons (Fsp3) is 0.381. The van der Waals surface area contributed by atoms with Crippen LogP contribution in [0, 0.1) is 0 Å². The summed E-state index contributed by atoms with van der Waals surface area (Å²) >= 11 is 0. The first-order valence-corrected chi connectivity index (χ1v) is 8.47. The fourth-order valence-corrected chi connectivity index (χ4v) is 2.59. The van der Waals surface area contributed by atoms with Gasteiger partial charge in [0.1, 0.15) is 11.5 Å². The van der Waals surface area contributed by atoms with Crippen molar-refractivity contribution in [2.45, 2.75) is 39.2 Å². The minimum atomic E-state index is -0.168. The number of para-hydroxylation sites is 1. The molecule has 0 fully saturated rings. The number of amides is 1. The summed E-state index contributed by atoms with van der Waals surface area (Å²) in [5.74, 6) is 1.28. The van der Waals surface area contributed by atoms with Crippen LogP contribution in [-0.4, -0.2) is 19.6 Å². The predicted octanol–water partition coefficient (Wildman–Crippen LogP) is 4.25. The van der Waals surface area contributed by atoms with Gasteiger partial charge in [-0.25, -0.2) is 0 Å². The molecule has 0 heterocycles. The number of rotatable bonds is 6. The van der Waals surface area contributed by atoms with Crippen LogP contribution >= 0.6 is 0 Å². The van der Waals surface area contributed by atoms with Gasteiger partial charge in [0, 0.05) is 5.56 Å². The monoisotopic (exact) mass is 341 g/mol. The first-order valence-electron chi connectivity index (χ1n) is 8.47. The molecule has 0 aliphatic carbocycles. The van der Waals surface area contributed by atoms with Crippen molar-refractivity contribution < 1.29 is 14.3 Å². The molecule has 0 bridgehead atoms. The van der Waals surface area contributed by atoms with Crippen LogP contribution in [0.3, 0.4) is 0 Å². The van der Waals surface area contributed by atoms with Crippen LogP contribution in [0.4, 0.5) is 0 Å². The molecule has 0 aliphatic heterocycles. The van der Waals surface area contributed by atoms with Gasteiger partial charge in [0.2, 0.25) is 0 Å². The minimum Gasteiger partial charge on any atom is -0.496 e. The molecule has 1 N–H and O–H groups in total. The highest BCUT2D eigenvalue weighted by Gasteiger charge is 2.15. The molecular weight excluding hydrogens is 314 g/mol. The molecule has 1 amide bonds. The van der Waals surface area contributed by atoms with Gasteiger partial charge in [-0.2, -0.15) is 0 Å². The number of hydrogen-bond acceptors (Lipinski definition) is 3. The topological polar surface area (TPSA) is 47.6 Å². The van der Waals surface area contributed by atoms with Crippen LogP contribution in [0.2, 0.25) is 0 Å². The number of benzene rings is 2. The molecule has 2 aromatic carbocycles. The molecule has 2 aromatic rings. The van der Waals surface area contributed by atoms with E-state index in [9.17, 15) is 4.79 Å². The van der Waals surface area contributed by atoms with Crippen molar-refractivity contribution in [1.82, 2.24) is 5.32 Å². The number of nitrogens with one attached hydrogen (secondary N) is 1. The van der Waals surface area contributed by atoms with Gasteiger partial charge in [0.05, 0.1) is 13.2 Å². The van der Waals surface area contributed by atoms with Gasteiger partial charge in [0.25, 0.3) is 5.91 Å². The maximum Gasteiger partial charge on any atom is 0.258 e. The number of carbonyl (C=O) groups excluding carboxylic acids is 1. The molecule has 0 aliphatic rings. The molecule has 0 spiro atoms. The number of carbonyl (C=O) groups is 1. The molecule has 2 rings (SSSR count). The fourth-order valence-electron chi connectivity index (χ4n) is 2.59. The highest BCUT2D eigenvalue weighted by molar-refractivity contribution is 5.78. The zero-order chi connectivity index (χ0) is 18.4. The lowest BCUT2D eigenvalue weighted by Gasteiger charge is -2.19. The highest BCUT2D eigenvalue weighted by atomic mass is 16.5. The standard InChI is InChI=1S/C21H27NO3/c1-15(18-8-6-7-9-19(18)24-5)22-20(23)14-25-17-12-10-16(11-13-17)21(2,3)4/h6-13,15H,14H2,1-5H3,(H,22,23). The molecule has 0 radical (unpaired) electrons.